The van der Waals surface area contributed by atoms with Crippen molar-refractivity contribution in [1.82, 2.24) is 9.97 Å². The van der Waals surface area contributed by atoms with Crippen LogP contribution in [-0.2, 0) is 9.73 Å². The monoisotopic (exact) mass is 451 g/mol. The first-order chi connectivity index (χ1) is 15.3. The van der Waals surface area contributed by atoms with Gasteiger partial charge in [0.2, 0.25) is 5.95 Å². The molecule has 0 fully saturated rings. The number of ether oxygens (including phenoxy) is 1. The second-order valence-electron chi connectivity index (χ2n) is 7.16. The molecule has 2 unspecified atom stereocenters. The average Bonchev–Trinajstić information content (AvgIpc) is 2.78. The minimum Gasteiger partial charge on any atom is -0.497 e. The summed E-state index contributed by atoms with van der Waals surface area (Å²) in [5.74, 6) is 7.67. The van der Waals surface area contributed by atoms with Crippen LogP contribution in [0.2, 0.25) is 0 Å². The van der Waals surface area contributed by atoms with Gasteiger partial charge in [-0.2, -0.15) is 4.98 Å². The molecule has 0 radical (unpaired) electrons. The van der Waals surface area contributed by atoms with Crippen molar-refractivity contribution < 1.29 is 14.1 Å². The smallest absolute Gasteiger partial charge is 0.229 e. The summed E-state index contributed by atoms with van der Waals surface area (Å²) in [6.07, 6.45) is 2.97. The minimum atomic E-state index is -2.84. The molecule has 3 rings (SSSR count). The highest BCUT2D eigenvalue weighted by molar-refractivity contribution is 7.91. The number of hydrogen-bond donors (Lipinski definition) is 4. The van der Waals surface area contributed by atoms with Crippen molar-refractivity contribution in [3.8, 4) is 17.6 Å². The molecular weight excluding hydrogens is 426 g/mol. The van der Waals surface area contributed by atoms with Gasteiger partial charge in [-0.25, -0.2) is 14.0 Å². The molecular formula is C23H25N5O3S. The second kappa shape index (κ2) is 10.1. The topological polar surface area (TPSA) is 120 Å². The summed E-state index contributed by atoms with van der Waals surface area (Å²) in [7, 11) is -1.23. The highest BCUT2D eigenvalue weighted by Gasteiger charge is 2.10. The average molecular weight is 452 g/mol. The molecule has 1 aromatic heterocycles. The summed E-state index contributed by atoms with van der Waals surface area (Å²) in [5.41, 5.74) is 2.00. The lowest BCUT2D eigenvalue weighted by atomic mass is 10.2. The van der Waals surface area contributed by atoms with Gasteiger partial charge in [-0.1, -0.05) is 17.9 Å². The van der Waals surface area contributed by atoms with E-state index in [1.807, 2.05) is 31.2 Å². The van der Waals surface area contributed by atoms with Crippen molar-refractivity contribution in [2.45, 2.75) is 17.9 Å². The van der Waals surface area contributed by atoms with Crippen molar-refractivity contribution in [3.63, 3.8) is 0 Å². The molecule has 0 saturated carbocycles. The highest BCUT2D eigenvalue weighted by Crippen LogP contribution is 2.21. The van der Waals surface area contributed by atoms with Crippen LogP contribution in [0.4, 0.5) is 17.5 Å². The number of aliphatic hydroxyl groups is 1. The van der Waals surface area contributed by atoms with Gasteiger partial charge in [-0.15, -0.1) is 0 Å². The summed E-state index contributed by atoms with van der Waals surface area (Å²) in [6, 6.07) is 13.9. The van der Waals surface area contributed by atoms with Crippen molar-refractivity contribution >= 4 is 27.2 Å². The molecule has 2 aromatic carbocycles. The van der Waals surface area contributed by atoms with E-state index in [1.54, 1.807) is 37.6 Å². The van der Waals surface area contributed by atoms with Gasteiger partial charge in [0, 0.05) is 28.4 Å². The fourth-order valence-corrected chi connectivity index (χ4v) is 3.37. The third-order valence-corrected chi connectivity index (χ3v) is 5.57. The van der Waals surface area contributed by atoms with E-state index in [2.05, 4.69) is 32.4 Å². The molecule has 4 N–H and O–H groups in total. The Labute approximate surface area is 188 Å². The lowest BCUT2D eigenvalue weighted by Crippen LogP contribution is -2.21. The molecule has 0 aliphatic heterocycles. The maximum absolute atomic E-state index is 12.0. The summed E-state index contributed by atoms with van der Waals surface area (Å²) in [4.78, 5) is 9.25. The zero-order chi connectivity index (χ0) is 23.1. The third-order valence-electron chi connectivity index (χ3n) is 4.42. The molecule has 32 heavy (non-hydrogen) atoms. The lowest BCUT2D eigenvalue weighted by molar-refractivity contribution is 0.281. The molecule has 3 aromatic rings. The van der Waals surface area contributed by atoms with Crippen molar-refractivity contribution in [1.29, 1.82) is 4.78 Å². The zero-order valence-electron chi connectivity index (χ0n) is 18.0. The molecule has 8 nitrogen and oxygen atoms in total. The van der Waals surface area contributed by atoms with E-state index in [0.717, 1.165) is 11.3 Å². The van der Waals surface area contributed by atoms with Crippen molar-refractivity contribution in [3.05, 3.63) is 65.9 Å². The Balaban J connectivity index is 1.90. The molecule has 0 aliphatic carbocycles. The zero-order valence-corrected chi connectivity index (χ0v) is 18.9. The number of anilines is 3. The van der Waals surface area contributed by atoms with Gasteiger partial charge in [0.25, 0.3) is 0 Å². The first-order valence-corrected chi connectivity index (χ1v) is 11.8. The summed E-state index contributed by atoms with van der Waals surface area (Å²) < 4.78 is 24.9. The molecule has 0 aliphatic rings. The van der Waals surface area contributed by atoms with Crippen LogP contribution in [0.1, 0.15) is 18.1 Å². The Morgan fingerprint density at radius 1 is 1.22 bits per heavy atom. The van der Waals surface area contributed by atoms with Gasteiger partial charge in [0.05, 0.1) is 35.2 Å². The SMILES string of the molecule is COc1ccc(C#Cc2cnc(Nc3cccc(S(C)(=N)=O)c3)nc2NC(C)CO)cc1. The van der Waals surface area contributed by atoms with Gasteiger partial charge < -0.3 is 20.5 Å². The van der Waals surface area contributed by atoms with Gasteiger partial charge in [-0.3, -0.25) is 0 Å². The van der Waals surface area contributed by atoms with E-state index in [1.165, 1.54) is 6.26 Å². The van der Waals surface area contributed by atoms with Gasteiger partial charge in [-0.05, 0) is 49.4 Å². The Morgan fingerprint density at radius 3 is 2.62 bits per heavy atom. The molecule has 1 heterocycles. The Kier molecular flexibility index (Phi) is 7.30. The maximum atomic E-state index is 12.0. The maximum Gasteiger partial charge on any atom is 0.229 e. The van der Waals surface area contributed by atoms with E-state index in [0.29, 0.717) is 27.9 Å². The third kappa shape index (κ3) is 6.20. The van der Waals surface area contributed by atoms with Crippen LogP contribution in [-0.4, -0.2) is 45.3 Å². The van der Waals surface area contributed by atoms with Crippen LogP contribution in [0.5, 0.6) is 5.75 Å². The predicted octanol–water partition coefficient (Wildman–Crippen LogP) is 3.46. The number of nitrogens with zero attached hydrogens (tertiary/aromatic N) is 2. The number of rotatable bonds is 7. The number of benzene rings is 2. The lowest BCUT2D eigenvalue weighted by Gasteiger charge is -2.14. The van der Waals surface area contributed by atoms with E-state index >= 15 is 0 Å². The number of methoxy groups -OCH3 is 1. The van der Waals surface area contributed by atoms with E-state index in [9.17, 15) is 9.32 Å². The molecule has 0 bridgehead atoms. The van der Waals surface area contributed by atoms with E-state index in [-0.39, 0.29) is 12.6 Å². The first kappa shape index (κ1) is 23.1. The van der Waals surface area contributed by atoms with Gasteiger partial charge in [0.1, 0.15) is 11.6 Å². The number of hydrogen-bond acceptors (Lipinski definition) is 8. The summed E-state index contributed by atoms with van der Waals surface area (Å²) in [5, 5.41) is 15.6. The summed E-state index contributed by atoms with van der Waals surface area (Å²) in [6.45, 7) is 1.75. The van der Waals surface area contributed by atoms with Gasteiger partial charge >= 0.3 is 0 Å². The van der Waals surface area contributed by atoms with E-state index in [4.69, 9.17) is 9.52 Å². The molecule has 9 heteroatoms. The van der Waals surface area contributed by atoms with Crippen LogP contribution in [0.15, 0.2) is 59.6 Å². The number of aromatic nitrogens is 2. The Bertz CT molecular complexity index is 1250. The minimum absolute atomic E-state index is 0.0749. The molecule has 2 atom stereocenters. The quantitative estimate of drug-likeness (QED) is 0.406. The number of aliphatic hydroxyl groups excluding tert-OH is 1. The largest absolute Gasteiger partial charge is 0.497 e. The van der Waals surface area contributed by atoms with Gasteiger partial charge in [0.15, 0.2) is 0 Å². The fourth-order valence-electron chi connectivity index (χ4n) is 2.68. The predicted molar refractivity (Wildman–Crippen MR) is 126 cm³/mol. The van der Waals surface area contributed by atoms with Crippen LogP contribution in [0, 0.1) is 16.6 Å². The number of nitrogens with one attached hydrogen (secondary N) is 3. The Hall–Kier alpha value is -3.61. The van der Waals surface area contributed by atoms with Crippen LogP contribution < -0.4 is 15.4 Å². The fraction of sp³-hybridized carbons (Fsp3) is 0.217. The molecule has 0 spiro atoms. The highest BCUT2D eigenvalue weighted by atomic mass is 32.2. The molecule has 166 valence electrons. The Morgan fingerprint density at radius 2 is 1.97 bits per heavy atom. The second-order valence-corrected chi connectivity index (χ2v) is 9.32. The molecule has 0 amide bonds. The normalized spacial score (nSPS) is 13.2. The van der Waals surface area contributed by atoms with Crippen molar-refractivity contribution in [2.75, 3.05) is 30.6 Å². The first-order valence-electron chi connectivity index (χ1n) is 9.80. The van der Waals surface area contributed by atoms with Crippen molar-refractivity contribution in [2.24, 2.45) is 0 Å². The van der Waals surface area contributed by atoms with Crippen LogP contribution in [0.3, 0.4) is 0 Å². The molecule has 0 saturated heterocycles. The standard InChI is InChI=1S/C23H25N5O3S/c1-16(15-29)26-22-18(10-7-17-8-11-20(31-2)12-9-17)14-25-23(28-22)27-19-5-4-6-21(13-19)32(3,24)30/h4-6,8-9,11-14,16,24,29H,15H2,1-3H3,(H2,25,26,27,28). The van der Waals surface area contributed by atoms with E-state index < -0.39 is 9.73 Å². The summed E-state index contributed by atoms with van der Waals surface area (Å²) >= 11 is 0. The van der Waals surface area contributed by atoms with Crippen LogP contribution >= 0.6 is 0 Å². The van der Waals surface area contributed by atoms with Crippen LogP contribution in [0.25, 0.3) is 0 Å².